The Hall–Kier alpha value is -2.68. The summed E-state index contributed by atoms with van der Waals surface area (Å²) in [6, 6.07) is 6.52. The van der Waals surface area contributed by atoms with Crippen LogP contribution < -0.4 is 9.64 Å². The summed E-state index contributed by atoms with van der Waals surface area (Å²) in [4.78, 5) is 33.6. The second-order valence-corrected chi connectivity index (χ2v) is 8.54. The van der Waals surface area contributed by atoms with Gasteiger partial charge in [-0.1, -0.05) is 0 Å². The second-order valence-electron chi connectivity index (χ2n) is 7.78. The molecule has 0 spiro atoms. The Bertz CT molecular complexity index is 833. The minimum absolute atomic E-state index is 0.225. The van der Waals surface area contributed by atoms with Crippen molar-refractivity contribution < 1.29 is 19.1 Å². The minimum atomic E-state index is -0.628. The van der Waals surface area contributed by atoms with Gasteiger partial charge in [-0.05, 0) is 64.3 Å². The number of piperidine rings is 1. The van der Waals surface area contributed by atoms with E-state index in [1.165, 1.54) is 16.1 Å². The van der Waals surface area contributed by atoms with Crippen LogP contribution in [0.4, 0.5) is 15.6 Å². The summed E-state index contributed by atoms with van der Waals surface area (Å²) < 4.78 is 14.8. The first-order valence-electron chi connectivity index (χ1n) is 9.54. The monoisotopic (exact) mass is 418 g/mol. The third kappa shape index (κ3) is 5.03. The van der Waals surface area contributed by atoms with Gasteiger partial charge in [0.2, 0.25) is 5.13 Å². The van der Waals surface area contributed by atoms with Crippen LogP contribution in [0.1, 0.15) is 40.0 Å². The molecule has 0 radical (unpaired) electrons. The van der Waals surface area contributed by atoms with Crippen LogP contribution >= 0.6 is 11.5 Å². The van der Waals surface area contributed by atoms with Crippen molar-refractivity contribution >= 4 is 34.4 Å². The zero-order valence-corrected chi connectivity index (χ0v) is 17.9. The summed E-state index contributed by atoms with van der Waals surface area (Å²) >= 11 is 1.13. The van der Waals surface area contributed by atoms with Gasteiger partial charge in [0, 0.05) is 18.1 Å². The van der Waals surface area contributed by atoms with Crippen molar-refractivity contribution in [3.8, 4) is 5.75 Å². The van der Waals surface area contributed by atoms with Gasteiger partial charge in [0.25, 0.3) is 5.91 Å². The highest BCUT2D eigenvalue weighted by molar-refractivity contribution is 7.09. The third-order valence-corrected chi connectivity index (χ3v) is 5.16. The molecule has 3 rings (SSSR count). The lowest BCUT2D eigenvalue weighted by Crippen LogP contribution is -2.53. The Kier molecular flexibility index (Phi) is 6.36. The fourth-order valence-electron chi connectivity index (χ4n) is 3.21. The van der Waals surface area contributed by atoms with Crippen molar-refractivity contribution in [3.05, 3.63) is 30.6 Å². The summed E-state index contributed by atoms with van der Waals surface area (Å²) in [7, 11) is 1.59. The number of anilines is 2. The molecule has 0 aliphatic carbocycles. The molecule has 1 atom stereocenters. The van der Waals surface area contributed by atoms with Gasteiger partial charge >= 0.3 is 6.09 Å². The molecule has 29 heavy (non-hydrogen) atoms. The van der Waals surface area contributed by atoms with E-state index in [4.69, 9.17) is 9.47 Å². The molecule has 156 valence electrons. The molecule has 1 fully saturated rings. The maximum atomic E-state index is 13.6. The number of ether oxygens (including phenoxy) is 2. The van der Waals surface area contributed by atoms with Gasteiger partial charge in [0.05, 0.1) is 12.8 Å². The highest BCUT2D eigenvalue weighted by Gasteiger charge is 2.38. The number of hydrogen-bond acceptors (Lipinski definition) is 7. The lowest BCUT2D eigenvalue weighted by Gasteiger charge is -2.37. The molecule has 1 saturated heterocycles. The first kappa shape index (κ1) is 21.0. The number of likely N-dealkylation sites (tertiary alicyclic amines) is 1. The molecular weight excluding hydrogens is 392 g/mol. The standard InChI is InChI=1S/C20H26N4O4S/c1-20(2,3)28-19(26)23-12-6-5-7-16(23)17(25)24(18-21-13-22-29-18)14-8-10-15(27-4)11-9-14/h8-11,13,16H,5-7,12H2,1-4H3. The third-order valence-electron chi connectivity index (χ3n) is 4.51. The van der Waals surface area contributed by atoms with Crippen LogP contribution in [0.15, 0.2) is 30.6 Å². The van der Waals surface area contributed by atoms with E-state index in [0.29, 0.717) is 29.5 Å². The molecule has 8 nitrogen and oxygen atoms in total. The van der Waals surface area contributed by atoms with Gasteiger partial charge in [0.1, 0.15) is 23.7 Å². The molecule has 9 heteroatoms. The Morgan fingerprint density at radius 1 is 1.21 bits per heavy atom. The largest absolute Gasteiger partial charge is 0.497 e. The molecular formula is C20H26N4O4S. The number of carbonyl (C=O) groups excluding carboxylic acids is 2. The average molecular weight is 419 g/mol. The van der Waals surface area contributed by atoms with Crippen LogP contribution in [0.5, 0.6) is 5.75 Å². The topological polar surface area (TPSA) is 84.9 Å². The lowest BCUT2D eigenvalue weighted by molar-refractivity contribution is -0.124. The predicted octanol–water partition coefficient (Wildman–Crippen LogP) is 4.00. The average Bonchev–Trinajstić information content (AvgIpc) is 3.21. The van der Waals surface area contributed by atoms with Crippen LogP contribution in [0, 0.1) is 0 Å². The van der Waals surface area contributed by atoms with Crippen LogP contribution in [0.25, 0.3) is 0 Å². The molecule has 1 aliphatic heterocycles. The number of nitrogens with zero attached hydrogens (tertiary/aromatic N) is 4. The number of carbonyl (C=O) groups is 2. The molecule has 2 heterocycles. The van der Waals surface area contributed by atoms with E-state index in [1.807, 2.05) is 20.8 Å². The van der Waals surface area contributed by atoms with E-state index >= 15 is 0 Å². The molecule has 2 aromatic rings. The predicted molar refractivity (Wildman–Crippen MR) is 111 cm³/mol. The molecule has 0 bridgehead atoms. The van der Waals surface area contributed by atoms with Crippen molar-refractivity contribution in [1.29, 1.82) is 0 Å². The van der Waals surface area contributed by atoms with Crippen LogP contribution in [-0.4, -0.2) is 51.6 Å². The fraction of sp³-hybridized carbons (Fsp3) is 0.500. The molecule has 1 aromatic carbocycles. The lowest BCUT2D eigenvalue weighted by atomic mass is 10.0. The van der Waals surface area contributed by atoms with Crippen molar-refractivity contribution in [2.24, 2.45) is 0 Å². The number of hydrogen-bond donors (Lipinski definition) is 0. The van der Waals surface area contributed by atoms with Crippen LogP contribution in [0.3, 0.4) is 0 Å². The minimum Gasteiger partial charge on any atom is -0.497 e. The maximum Gasteiger partial charge on any atom is 0.410 e. The van der Waals surface area contributed by atoms with Gasteiger partial charge in [-0.2, -0.15) is 4.37 Å². The van der Waals surface area contributed by atoms with Gasteiger partial charge in [-0.25, -0.2) is 9.78 Å². The van der Waals surface area contributed by atoms with E-state index in [9.17, 15) is 9.59 Å². The van der Waals surface area contributed by atoms with Gasteiger partial charge in [-0.3, -0.25) is 14.6 Å². The van der Waals surface area contributed by atoms with E-state index in [0.717, 1.165) is 24.4 Å². The highest BCUT2D eigenvalue weighted by atomic mass is 32.1. The molecule has 1 unspecified atom stereocenters. The van der Waals surface area contributed by atoms with Crippen LogP contribution in [-0.2, 0) is 9.53 Å². The van der Waals surface area contributed by atoms with E-state index < -0.39 is 17.7 Å². The second kappa shape index (κ2) is 8.77. The van der Waals surface area contributed by atoms with Crippen molar-refractivity contribution in [2.75, 3.05) is 18.6 Å². The van der Waals surface area contributed by atoms with E-state index in [2.05, 4.69) is 9.36 Å². The SMILES string of the molecule is COc1ccc(N(C(=O)C2CCCCN2C(=O)OC(C)(C)C)c2ncns2)cc1. The highest BCUT2D eigenvalue weighted by Crippen LogP contribution is 2.31. The van der Waals surface area contributed by atoms with Gasteiger partial charge in [0.15, 0.2) is 0 Å². The van der Waals surface area contributed by atoms with Crippen molar-refractivity contribution in [2.45, 2.75) is 51.7 Å². The van der Waals surface area contributed by atoms with Gasteiger partial charge in [-0.15, -0.1) is 0 Å². The number of benzene rings is 1. The number of aromatic nitrogens is 2. The van der Waals surface area contributed by atoms with E-state index in [1.54, 1.807) is 31.4 Å². The van der Waals surface area contributed by atoms with Crippen molar-refractivity contribution in [3.63, 3.8) is 0 Å². The summed E-state index contributed by atoms with van der Waals surface area (Å²) in [6.07, 6.45) is 3.22. The zero-order chi connectivity index (χ0) is 21.0. The summed E-state index contributed by atoms with van der Waals surface area (Å²) in [5.74, 6) is 0.462. The number of amides is 2. The summed E-state index contributed by atoms with van der Waals surface area (Å²) in [5, 5.41) is 0.454. The summed E-state index contributed by atoms with van der Waals surface area (Å²) in [6.45, 7) is 5.93. The smallest absolute Gasteiger partial charge is 0.410 e. The molecule has 0 saturated carbocycles. The Balaban J connectivity index is 1.92. The Labute approximate surface area is 174 Å². The number of rotatable bonds is 4. The fourth-order valence-corrected chi connectivity index (χ4v) is 3.77. The van der Waals surface area contributed by atoms with Crippen molar-refractivity contribution in [1.82, 2.24) is 14.3 Å². The quantitative estimate of drug-likeness (QED) is 0.746. The van der Waals surface area contributed by atoms with Gasteiger partial charge < -0.3 is 9.47 Å². The molecule has 0 N–H and O–H groups in total. The maximum absolute atomic E-state index is 13.6. The normalized spacial score (nSPS) is 17.0. The molecule has 1 aliphatic rings. The number of methoxy groups -OCH3 is 1. The molecule has 2 amide bonds. The first-order valence-corrected chi connectivity index (χ1v) is 10.3. The zero-order valence-electron chi connectivity index (χ0n) is 17.1. The Morgan fingerprint density at radius 2 is 1.93 bits per heavy atom. The van der Waals surface area contributed by atoms with Crippen LogP contribution in [0.2, 0.25) is 0 Å². The van der Waals surface area contributed by atoms with E-state index in [-0.39, 0.29) is 5.91 Å². The molecule has 1 aromatic heterocycles. The first-order chi connectivity index (χ1) is 13.8. The summed E-state index contributed by atoms with van der Waals surface area (Å²) in [5.41, 5.74) is 0.0130. The Morgan fingerprint density at radius 3 is 2.52 bits per heavy atom.